The topological polar surface area (TPSA) is 109 Å². The number of aliphatic imine (C=N–C) groups is 1. The largest absolute Gasteiger partial charge is 0.469 e. The first-order chi connectivity index (χ1) is 16.4. The van der Waals surface area contributed by atoms with Gasteiger partial charge in [0.1, 0.15) is 5.92 Å². The average molecular weight is 451 g/mol. The van der Waals surface area contributed by atoms with Gasteiger partial charge in [-0.25, -0.2) is 0 Å². The quantitative estimate of drug-likeness (QED) is 0.341. The molecule has 1 heterocycles. The lowest BCUT2D eigenvalue weighted by Crippen LogP contribution is -2.22. The number of Topliss-reactive ketones (excluding diaryl/α,β-unsaturated/α-hetero) is 1. The fourth-order valence-electron chi connectivity index (χ4n) is 3.83. The van der Waals surface area contributed by atoms with Crippen LogP contribution in [0.3, 0.4) is 0 Å². The monoisotopic (exact) mass is 451 g/mol. The Morgan fingerprint density at radius 2 is 1.71 bits per heavy atom. The first kappa shape index (κ1) is 22.6. The molecule has 3 aromatic rings. The predicted octanol–water partition coefficient (Wildman–Crippen LogP) is 4.33. The van der Waals surface area contributed by atoms with E-state index in [1.165, 1.54) is 14.0 Å². The molecule has 1 unspecified atom stereocenters. The van der Waals surface area contributed by atoms with Crippen LogP contribution in [0.2, 0.25) is 0 Å². The van der Waals surface area contributed by atoms with E-state index in [0.29, 0.717) is 39.3 Å². The second kappa shape index (κ2) is 9.51. The van der Waals surface area contributed by atoms with Gasteiger partial charge >= 0.3 is 5.97 Å². The maximum absolute atomic E-state index is 13.1. The molecule has 7 heteroatoms. The standard InChI is InChI=1S/C27H21N3O4/c1-16(31)20-9-12-23-22(14-20)25(27(33)30-23)26(19-7-3-18(15-28)4-8-19)29-21-10-5-17(6-11-21)13-24(32)34-2/h3-12,14,25H,13H2,1-2H3,(H,30,33). The molecule has 1 atom stereocenters. The number of anilines is 1. The molecule has 0 saturated carbocycles. The van der Waals surface area contributed by atoms with Crippen LogP contribution in [0, 0.1) is 11.3 Å². The van der Waals surface area contributed by atoms with E-state index in [9.17, 15) is 14.4 Å². The van der Waals surface area contributed by atoms with Crippen LogP contribution in [-0.2, 0) is 20.7 Å². The Labute approximate surface area is 196 Å². The highest BCUT2D eigenvalue weighted by Gasteiger charge is 2.36. The Balaban J connectivity index is 1.81. The Kier molecular flexibility index (Phi) is 6.33. The number of nitrogens with zero attached hydrogens (tertiary/aromatic N) is 2. The van der Waals surface area contributed by atoms with Gasteiger partial charge in [0.25, 0.3) is 0 Å². The van der Waals surface area contributed by atoms with Crippen molar-refractivity contribution in [2.75, 3.05) is 12.4 Å². The summed E-state index contributed by atoms with van der Waals surface area (Å²) >= 11 is 0. The SMILES string of the molecule is COC(=O)Cc1ccc(N=C(c2ccc(C#N)cc2)C2C(=O)Nc3ccc(C(C)=O)cc32)cc1. The van der Waals surface area contributed by atoms with E-state index in [1.807, 2.05) is 0 Å². The summed E-state index contributed by atoms with van der Waals surface area (Å²) in [4.78, 5) is 41.4. The zero-order chi connectivity index (χ0) is 24.2. The molecule has 4 rings (SSSR count). The number of amides is 1. The normalized spacial score (nSPS) is 14.7. The Hall–Kier alpha value is -4.57. The van der Waals surface area contributed by atoms with Crippen LogP contribution < -0.4 is 5.32 Å². The number of rotatable bonds is 6. The lowest BCUT2D eigenvalue weighted by atomic mass is 9.89. The van der Waals surface area contributed by atoms with Gasteiger partial charge in [-0.1, -0.05) is 24.3 Å². The van der Waals surface area contributed by atoms with Crippen molar-refractivity contribution in [1.29, 1.82) is 5.26 Å². The van der Waals surface area contributed by atoms with Gasteiger partial charge in [-0.05, 0) is 66.1 Å². The van der Waals surface area contributed by atoms with Crippen molar-refractivity contribution in [2.45, 2.75) is 19.3 Å². The molecular weight excluding hydrogens is 430 g/mol. The van der Waals surface area contributed by atoms with Gasteiger partial charge in [-0.15, -0.1) is 0 Å². The molecule has 168 valence electrons. The molecule has 1 aliphatic rings. The van der Waals surface area contributed by atoms with E-state index in [4.69, 9.17) is 15.0 Å². The number of methoxy groups -OCH3 is 1. The zero-order valence-corrected chi connectivity index (χ0v) is 18.7. The fourth-order valence-corrected chi connectivity index (χ4v) is 3.83. The van der Waals surface area contributed by atoms with Crippen LogP contribution in [0.5, 0.6) is 0 Å². The second-order valence-electron chi connectivity index (χ2n) is 7.89. The van der Waals surface area contributed by atoms with E-state index in [2.05, 4.69) is 11.4 Å². The Bertz CT molecular complexity index is 1350. The van der Waals surface area contributed by atoms with Crippen molar-refractivity contribution in [3.63, 3.8) is 0 Å². The molecular formula is C27H21N3O4. The number of hydrogen-bond acceptors (Lipinski definition) is 6. The highest BCUT2D eigenvalue weighted by atomic mass is 16.5. The number of carbonyl (C=O) groups excluding carboxylic acids is 3. The van der Waals surface area contributed by atoms with Crippen LogP contribution in [0.25, 0.3) is 0 Å². The maximum Gasteiger partial charge on any atom is 0.309 e. The Morgan fingerprint density at radius 3 is 2.32 bits per heavy atom. The fraction of sp³-hybridized carbons (Fsp3) is 0.148. The van der Waals surface area contributed by atoms with Crippen LogP contribution in [0.1, 0.15) is 45.5 Å². The van der Waals surface area contributed by atoms with E-state index >= 15 is 0 Å². The number of fused-ring (bicyclic) bond motifs is 1. The lowest BCUT2D eigenvalue weighted by molar-refractivity contribution is -0.139. The van der Waals surface area contributed by atoms with Crippen LogP contribution in [-0.4, -0.2) is 30.5 Å². The first-order valence-electron chi connectivity index (χ1n) is 10.6. The number of benzene rings is 3. The molecule has 0 aliphatic carbocycles. The number of nitriles is 1. The van der Waals surface area contributed by atoms with Crippen molar-refractivity contribution >= 4 is 34.7 Å². The highest BCUT2D eigenvalue weighted by Crippen LogP contribution is 2.37. The Morgan fingerprint density at radius 1 is 1.03 bits per heavy atom. The van der Waals surface area contributed by atoms with Gasteiger partial charge in [-0.3, -0.25) is 19.4 Å². The molecule has 1 aliphatic heterocycles. The molecule has 0 aromatic heterocycles. The van der Waals surface area contributed by atoms with Crippen LogP contribution >= 0.6 is 0 Å². The maximum atomic E-state index is 13.1. The smallest absolute Gasteiger partial charge is 0.309 e. The summed E-state index contributed by atoms with van der Waals surface area (Å²) in [5, 5.41) is 12.0. The van der Waals surface area contributed by atoms with Gasteiger partial charge in [0.05, 0.1) is 36.6 Å². The van der Waals surface area contributed by atoms with E-state index < -0.39 is 5.92 Å². The summed E-state index contributed by atoms with van der Waals surface area (Å²) < 4.78 is 4.71. The zero-order valence-electron chi connectivity index (χ0n) is 18.7. The number of nitrogens with one attached hydrogen (secondary N) is 1. The summed E-state index contributed by atoms with van der Waals surface area (Å²) in [5.41, 5.74) is 4.84. The minimum Gasteiger partial charge on any atom is -0.469 e. The molecule has 0 bridgehead atoms. The van der Waals surface area contributed by atoms with Gasteiger partial charge < -0.3 is 10.1 Å². The summed E-state index contributed by atoms with van der Waals surface area (Å²) in [7, 11) is 1.34. The van der Waals surface area contributed by atoms with E-state index in [-0.39, 0.29) is 24.1 Å². The van der Waals surface area contributed by atoms with Crippen molar-refractivity contribution in [2.24, 2.45) is 4.99 Å². The molecule has 1 amide bonds. The van der Waals surface area contributed by atoms with Crippen LogP contribution in [0.4, 0.5) is 11.4 Å². The average Bonchev–Trinajstić information content (AvgIpc) is 3.18. The second-order valence-corrected chi connectivity index (χ2v) is 7.89. The molecule has 0 fully saturated rings. The molecule has 0 radical (unpaired) electrons. The number of ketones is 1. The van der Waals surface area contributed by atoms with E-state index in [1.54, 1.807) is 66.7 Å². The van der Waals surface area contributed by atoms with Crippen molar-refractivity contribution in [3.05, 3.63) is 94.5 Å². The summed E-state index contributed by atoms with van der Waals surface area (Å²) in [5.74, 6) is -1.42. The summed E-state index contributed by atoms with van der Waals surface area (Å²) in [6.07, 6.45) is 0.148. The predicted molar refractivity (Wildman–Crippen MR) is 127 cm³/mol. The van der Waals surface area contributed by atoms with Crippen LogP contribution in [0.15, 0.2) is 71.7 Å². The summed E-state index contributed by atoms with van der Waals surface area (Å²) in [6, 6.07) is 21.2. The molecule has 34 heavy (non-hydrogen) atoms. The molecule has 0 spiro atoms. The third-order valence-electron chi connectivity index (χ3n) is 5.63. The molecule has 3 aromatic carbocycles. The highest BCUT2D eigenvalue weighted by molar-refractivity contribution is 6.24. The minimum absolute atomic E-state index is 0.0982. The third kappa shape index (κ3) is 4.62. The van der Waals surface area contributed by atoms with Crippen molar-refractivity contribution < 1.29 is 19.1 Å². The van der Waals surface area contributed by atoms with Gasteiger partial charge in [0.15, 0.2) is 5.78 Å². The summed E-state index contributed by atoms with van der Waals surface area (Å²) in [6.45, 7) is 1.48. The van der Waals surface area contributed by atoms with Crippen molar-refractivity contribution in [1.82, 2.24) is 0 Å². The number of carbonyl (C=O) groups is 3. The van der Waals surface area contributed by atoms with Gasteiger partial charge in [0, 0.05) is 11.3 Å². The lowest BCUT2D eigenvalue weighted by Gasteiger charge is -2.15. The van der Waals surface area contributed by atoms with E-state index in [0.717, 1.165) is 5.56 Å². The van der Waals surface area contributed by atoms with Crippen molar-refractivity contribution in [3.8, 4) is 6.07 Å². The van der Waals surface area contributed by atoms with Gasteiger partial charge in [0.2, 0.25) is 5.91 Å². The minimum atomic E-state index is -0.739. The molecule has 0 saturated heterocycles. The number of esters is 1. The molecule has 1 N–H and O–H groups in total. The first-order valence-corrected chi connectivity index (χ1v) is 10.6. The van der Waals surface area contributed by atoms with Gasteiger partial charge in [-0.2, -0.15) is 5.26 Å². The number of ether oxygens (including phenoxy) is 1. The number of hydrogen-bond donors (Lipinski definition) is 1. The third-order valence-corrected chi connectivity index (χ3v) is 5.63. The molecule has 7 nitrogen and oxygen atoms in total.